The van der Waals surface area contributed by atoms with Crippen LogP contribution < -0.4 is 5.32 Å². The Morgan fingerprint density at radius 2 is 0.712 bits per heavy atom. The van der Waals surface area contributed by atoms with E-state index < -0.39 is 12.1 Å². The Bertz CT molecular complexity index is 1030. The van der Waals surface area contributed by atoms with E-state index in [0.717, 1.165) is 70.6 Å². The van der Waals surface area contributed by atoms with Gasteiger partial charge in [0.2, 0.25) is 5.91 Å². The van der Waals surface area contributed by atoms with Crippen LogP contribution in [0.15, 0.2) is 24.3 Å². The highest BCUT2D eigenvalue weighted by molar-refractivity contribution is 5.76. The van der Waals surface area contributed by atoms with Crippen molar-refractivity contribution < 1.29 is 24.5 Å². The van der Waals surface area contributed by atoms with Gasteiger partial charge in [-0.15, -0.1) is 0 Å². The van der Waals surface area contributed by atoms with Crippen LogP contribution in [0.5, 0.6) is 0 Å². The molecule has 0 spiro atoms. The van der Waals surface area contributed by atoms with Gasteiger partial charge >= 0.3 is 5.97 Å². The van der Waals surface area contributed by atoms with Gasteiger partial charge in [0.25, 0.3) is 0 Å². The summed E-state index contributed by atoms with van der Waals surface area (Å²) >= 11 is 0. The molecule has 390 valence electrons. The molecular formula is C60H115NO5. The van der Waals surface area contributed by atoms with Gasteiger partial charge in [-0.25, -0.2) is 0 Å². The van der Waals surface area contributed by atoms with Gasteiger partial charge < -0.3 is 20.3 Å². The van der Waals surface area contributed by atoms with E-state index in [4.69, 9.17) is 4.74 Å². The maximum absolute atomic E-state index is 12.5. The highest BCUT2D eigenvalue weighted by Crippen LogP contribution is 2.17. The summed E-state index contributed by atoms with van der Waals surface area (Å²) in [7, 11) is 0. The molecule has 6 heteroatoms. The van der Waals surface area contributed by atoms with Gasteiger partial charge in [0.1, 0.15) is 0 Å². The molecular weight excluding hydrogens is 815 g/mol. The van der Waals surface area contributed by atoms with Crippen molar-refractivity contribution in [3.8, 4) is 0 Å². The van der Waals surface area contributed by atoms with E-state index in [0.29, 0.717) is 19.4 Å². The lowest BCUT2D eigenvalue weighted by Crippen LogP contribution is -2.45. The van der Waals surface area contributed by atoms with Crippen LogP contribution in [0.1, 0.15) is 322 Å². The van der Waals surface area contributed by atoms with Crippen LogP contribution in [0.4, 0.5) is 0 Å². The van der Waals surface area contributed by atoms with Gasteiger partial charge in [-0.1, -0.05) is 276 Å². The van der Waals surface area contributed by atoms with Crippen molar-refractivity contribution in [3.05, 3.63) is 24.3 Å². The Morgan fingerprint density at radius 3 is 1.08 bits per heavy atom. The number of carbonyl (C=O) groups excluding carboxylic acids is 2. The topological polar surface area (TPSA) is 95.9 Å². The number of carbonyl (C=O) groups is 2. The standard InChI is InChI=1S/C60H115NO5/c1-3-5-7-9-11-13-15-17-19-21-24-28-32-36-40-44-48-52-58(63)57(56-62)61-59(64)53-49-45-41-37-33-29-25-23-27-31-35-39-43-47-51-55-66-60(65)54-50-46-42-38-34-30-26-22-20-18-16-14-12-10-8-6-4-2/h27,31,48,52,57-58,62-63H,3-26,28-30,32-47,49-51,53-56H2,1-2H3,(H,61,64)/b31-27-,52-48+. The third-order valence-electron chi connectivity index (χ3n) is 13.7. The van der Waals surface area contributed by atoms with Gasteiger partial charge in [-0.05, 0) is 57.8 Å². The van der Waals surface area contributed by atoms with Gasteiger partial charge in [0.05, 0.1) is 25.4 Å². The predicted octanol–water partition coefficient (Wildman–Crippen LogP) is 18.2. The predicted molar refractivity (Wildman–Crippen MR) is 287 cm³/mol. The molecule has 6 nitrogen and oxygen atoms in total. The lowest BCUT2D eigenvalue weighted by molar-refractivity contribution is -0.143. The van der Waals surface area contributed by atoms with Crippen molar-refractivity contribution in [1.82, 2.24) is 5.32 Å². The molecule has 0 aromatic heterocycles. The molecule has 0 aliphatic heterocycles. The third kappa shape index (κ3) is 51.7. The van der Waals surface area contributed by atoms with E-state index in [9.17, 15) is 19.8 Å². The van der Waals surface area contributed by atoms with Crippen LogP contribution >= 0.6 is 0 Å². The Kier molecular flexibility index (Phi) is 54.5. The van der Waals surface area contributed by atoms with E-state index in [1.165, 1.54) is 225 Å². The number of amides is 1. The first-order chi connectivity index (χ1) is 32.5. The number of allylic oxidation sites excluding steroid dienone is 3. The minimum atomic E-state index is -0.854. The van der Waals surface area contributed by atoms with Crippen molar-refractivity contribution in [1.29, 1.82) is 0 Å². The summed E-state index contributed by atoms with van der Waals surface area (Å²) in [6, 6.07) is -0.639. The zero-order valence-electron chi connectivity index (χ0n) is 44.4. The zero-order valence-corrected chi connectivity index (χ0v) is 44.4. The SMILES string of the molecule is CCCCCCCCCCCCCCCCC/C=C/C(O)C(CO)NC(=O)CCCCCCCCC/C=C\CCCCCCOC(=O)CCCCCCCCCCCCCCCCCCC. The number of unbranched alkanes of at least 4 members (excludes halogenated alkanes) is 42. The minimum Gasteiger partial charge on any atom is -0.466 e. The van der Waals surface area contributed by atoms with Crippen molar-refractivity contribution in [2.75, 3.05) is 13.2 Å². The second-order valence-electron chi connectivity index (χ2n) is 20.3. The highest BCUT2D eigenvalue weighted by Gasteiger charge is 2.18. The first-order valence-electron chi connectivity index (χ1n) is 29.6. The molecule has 0 fully saturated rings. The first-order valence-corrected chi connectivity index (χ1v) is 29.6. The molecule has 0 aromatic carbocycles. The quantitative estimate of drug-likeness (QED) is 0.0321. The van der Waals surface area contributed by atoms with Gasteiger partial charge in [0.15, 0.2) is 0 Å². The summed E-state index contributed by atoms with van der Waals surface area (Å²) in [4.78, 5) is 24.5. The number of esters is 1. The molecule has 3 N–H and O–H groups in total. The lowest BCUT2D eigenvalue weighted by atomic mass is 10.0. The molecule has 0 saturated heterocycles. The fourth-order valence-electron chi connectivity index (χ4n) is 9.16. The molecule has 0 radical (unpaired) electrons. The summed E-state index contributed by atoms with van der Waals surface area (Å²) in [5, 5.41) is 23.1. The zero-order chi connectivity index (χ0) is 47.9. The van der Waals surface area contributed by atoms with Crippen molar-refractivity contribution in [2.24, 2.45) is 0 Å². The largest absolute Gasteiger partial charge is 0.466 e. The Balaban J connectivity index is 3.48. The van der Waals surface area contributed by atoms with Crippen molar-refractivity contribution >= 4 is 11.9 Å². The number of nitrogens with one attached hydrogen (secondary N) is 1. The number of hydrogen-bond donors (Lipinski definition) is 3. The monoisotopic (exact) mass is 930 g/mol. The van der Waals surface area contributed by atoms with E-state index in [2.05, 4.69) is 31.3 Å². The molecule has 1 amide bonds. The number of aliphatic hydroxyl groups excluding tert-OH is 2. The normalized spacial score (nSPS) is 12.7. The second kappa shape index (κ2) is 55.9. The van der Waals surface area contributed by atoms with Crippen LogP contribution in [0.3, 0.4) is 0 Å². The third-order valence-corrected chi connectivity index (χ3v) is 13.7. The van der Waals surface area contributed by atoms with Crippen LogP contribution in [0.25, 0.3) is 0 Å². The lowest BCUT2D eigenvalue weighted by Gasteiger charge is -2.20. The Hall–Kier alpha value is -1.66. The molecule has 0 bridgehead atoms. The fourth-order valence-corrected chi connectivity index (χ4v) is 9.16. The average Bonchev–Trinajstić information content (AvgIpc) is 3.32. The molecule has 0 aliphatic rings. The minimum absolute atomic E-state index is 0.00696. The average molecular weight is 931 g/mol. The van der Waals surface area contributed by atoms with Crippen molar-refractivity contribution in [3.63, 3.8) is 0 Å². The summed E-state index contributed by atoms with van der Waals surface area (Å²) in [5.74, 6) is -0.0881. The number of hydrogen-bond acceptors (Lipinski definition) is 5. The molecule has 0 saturated carbocycles. The number of rotatable bonds is 55. The maximum atomic E-state index is 12.5. The van der Waals surface area contributed by atoms with Crippen LogP contribution in [-0.2, 0) is 14.3 Å². The second-order valence-corrected chi connectivity index (χ2v) is 20.3. The molecule has 0 aliphatic carbocycles. The molecule has 0 aromatic rings. The van der Waals surface area contributed by atoms with Gasteiger partial charge in [-0.3, -0.25) is 9.59 Å². The van der Waals surface area contributed by atoms with Crippen molar-refractivity contribution in [2.45, 2.75) is 334 Å². The van der Waals surface area contributed by atoms with Crippen LogP contribution in [0.2, 0.25) is 0 Å². The Morgan fingerprint density at radius 1 is 0.409 bits per heavy atom. The smallest absolute Gasteiger partial charge is 0.305 e. The molecule has 66 heavy (non-hydrogen) atoms. The molecule has 0 rings (SSSR count). The summed E-state index contributed by atoms with van der Waals surface area (Å²) in [6.07, 6.45) is 67.7. The summed E-state index contributed by atoms with van der Waals surface area (Å²) in [6.45, 7) is 4.89. The molecule has 2 atom stereocenters. The number of ether oxygens (including phenoxy) is 1. The van der Waals surface area contributed by atoms with Gasteiger partial charge in [0, 0.05) is 12.8 Å². The summed E-state index contributed by atoms with van der Waals surface area (Å²) in [5.41, 5.74) is 0. The number of aliphatic hydroxyl groups is 2. The van der Waals surface area contributed by atoms with Gasteiger partial charge in [-0.2, -0.15) is 0 Å². The molecule has 2 unspecified atom stereocenters. The maximum Gasteiger partial charge on any atom is 0.305 e. The molecule has 0 heterocycles. The first kappa shape index (κ1) is 64.3. The van der Waals surface area contributed by atoms with E-state index in [1.54, 1.807) is 6.08 Å². The summed E-state index contributed by atoms with van der Waals surface area (Å²) < 4.78 is 5.47. The van der Waals surface area contributed by atoms with Crippen LogP contribution in [0, 0.1) is 0 Å². The van der Waals surface area contributed by atoms with E-state index >= 15 is 0 Å². The van der Waals surface area contributed by atoms with Crippen LogP contribution in [-0.4, -0.2) is 47.4 Å². The van der Waals surface area contributed by atoms with E-state index in [-0.39, 0.29) is 18.5 Å². The van der Waals surface area contributed by atoms with E-state index in [1.807, 2.05) is 6.08 Å². The highest BCUT2D eigenvalue weighted by atomic mass is 16.5. The Labute approximate surface area is 411 Å². The fraction of sp³-hybridized carbons (Fsp3) is 0.900.